The van der Waals surface area contributed by atoms with Crippen molar-refractivity contribution in [2.24, 2.45) is 0 Å². The number of aryl methyl sites for hydroxylation is 1. The van der Waals surface area contributed by atoms with Gasteiger partial charge in [-0.05, 0) is 24.1 Å². The van der Waals surface area contributed by atoms with Crippen LogP contribution in [0.3, 0.4) is 0 Å². The lowest BCUT2D eigenvalue weighted by atomic mass is 10.1. The van der Waals surface area contributed by atoms with Crippen LogP contribution in [0, 0.1) is 0 Å². The Bertz CT molecular complexity index is 271. The van der Waals surface area contributed by atoms with Crippen molar-refractivity contribution in [3.05, 3.63) is 22.7 Å². The molecule has 1 aromatic rings. The van der Waals surface area contributed by atoms with Gasteiger partial charge in [-0.1, -0.05) is 18.5 Å². The van der Waals surface area contributed by atoms with E-state index < -0.39 is 0 Å². The molecule has 0 saturated heterocycles. The first-order valence-corrected chi connectivity index (χ1v) is 3.86. The predicted molar refractivity (Wildman–Crippen MR) is 49.7 cm³/mol. The summed E-state index contributed by atoms with van der Waals surface area (Å²) in [5, 5.41) is 0.694. The molecule has 0 unspecified atom stereocenters. The number of rotatable bonds is 1. The maximum absolute atomic E-state index is 5.87. The van der Waals surface area contributed by atoms with Crippen LogP contribution in [-0.2, 0) is 6.42 Å². The lowest BCUT2D eigenvalue weighted by Crippen LogP contribution is -1.96. The Morgan fingerprint density at radius 1 is 1.27 bits per heavy atom. The quantitative estimate of drug-likeness (QED) is 0.634. The SMILES string of the molecule is CCc1cc(N)c(N)cc1Cl. The van der Waals surface area contributed by atoms with Crippen molar-refractivity contribution in [3.8, 4) is 0 Å². The van der Waals surface area contributed by atoms with E-state index in [1.807, 2.05) is 13.0 Å². The molecule has 0 amide bonds. The van der Waals surface area contributed by atoms with Gasteiger partial charge in [-0.15, -0.1) is 0 Å². The second kappa shape index (κ2) is 3.01. The molecule has 0 aliphatic carbocycles. The van der Waals surface area contributed by atoms with Gasteiger partial charge in [0, 0.05) is 5.02 Å². The Morgan fingerprint density at radius 3 is 2.36 bits per heavy atom. The topological polar surface area (TPSA) is 52.0 Å². The van der Waals surface area contributed by atoms with Crippen LogP contribution >= 0.6 is 11.6 Å². The largest absolute Gasteiger partial charge is 0.397 e. The normalized spacial score (nSPS) is 10.0. The summed E-state index contributed by atoms with van der Waals surface area (Å²) in [4.78, 5) is 0. The van der Waals surface area contributed by atoms with Crippen LogP contribution in [0.25, 0.3) is 0 Å². The summed E-state index contributed by atoms with van der Waals surface area (Å²) in [6.45, 7) is 2.02. The lowest BCUT2D eigenvalue weighted by Gasteiger charge is -2.04. The highest BCUT2D eigenvalue weighted by atomic mass is 35.5. The van der Waals surface area contributed by atoms with Gasteiger partial charge in [-0.2, -0.15) is 0 Å². The smallest absolute Gasteiger partial charge is 0.0562 e. The van der Waals surface area contributed by atoms with Crippen molar-refractivity contribution in [3.63, 3.8) is 0 Å². The molecule has 3 heteroatoms. The molecule has 0 atom stereocenters. The van der Waals surface area contributed by atoms with Crippen LogP contribution in [-0.4, -0.2) is 0 Å². The summed E-state index contributed by atoms with van der Waals surface area (Å²) in [5.41, 5.74) is 13.3. The standard InChI is InChI=1S/C8H11ClN2/c1-2-5-3-7(10)8(11)4-6(5)9/h3-4H,2,10-11H2,1H3. The molecule has 0 bridgehead atoms. The van der Waals surface area contributed by atoms with E-state index in [1.54, 1.807) is 6.07 Å². The Kier molecular flexibility index (Phi) is 2.25. The van der Waals surface area contributed by atoms with Gasteiger partial charge in [-0.25, -0.2) is 0 Å². The number of hydrogen-bond acceptors (Lipinski definition) is 2. The first kappa shape index (κ1) is 8.21. The molecular formula is C8H11ClN2. The average Bonchev–Trinajstić information content (AvgIpc) is 1.97. The summed E-state index contributed by atoms with van der Waals surface area (Å²) in [7, 11) is 0. The summed E-state index contributed by atoms with van der Waals surface area (Å²) in [5.74, 6) is 0. The van der Waals surface area contributed by atoms with Crippen molar-refractivity contribution in [1.82, 2.24) is 0 Å². The van der Waals surface area contributed by atoms with E-state index in [1.165, 1.54) is 0 Å². The molecule has 0 heterocycles. The molecule has 60 valence electrons. The van der Waals surface area contributed by atoms with Crippen LogP contribution in [0.4, 0.5) is 11.4 Å². The number of nitrogen functional groups attached to an aromatic ring is 2. The summed E-state index contributed by atoms with van der Waals surface area (Å²) >= 11 is 5.87. The first-order valence-electron chi connectivity index (χ1n) is 3.48. The van der Waals surface area contributed by atoms with Crippen molar-refractivity contribution in [2.75, 3.05) is 11.5 Å². The van der Waals surface area contributed by atoms with E-state index >= 15 is 0 Å². The zero-order valence-corrected chi connectivity index (χ0v) is 7.15. The third-order valence-electron chi connectivity index (χ3n) is 1.63. The Labute approximate surface area is 71.1 Å². The predicted octanol–water partition coefficient (Wildman–Crippen LogP) is 2.07. The zero-order chi connectivity index (χ0) is 8.43. The highest BCUT2D eigenvalue weighted by Crippen LogP contribution is 2.24. The van der Waals surface area contributed by atoms with E-state index in [9.17, 15) is 0 Å². The van der Waals surface area contributed by atoms with E-state index in [0.29, 0.717) is 16.4 Å². The van der Waals surface area contributed by atoms with Gasteiger partial charge >= 0.3 is 0 Å². The molecule has 0 radical (unpaired) electrons. The maximum atomic E-state index is 5.87. The fraction of sp³-hybridized carbons (Fsp3) is 0.250. The molecule has 0 spiro atoms. The minimum absolute atomic E-state index is 0.548. The van der Waals surface area contributed by atoms with Gasteiger partial charge in [0.2, 0.25) is 0 Å². The van der Waals surface area contributed by atoms with Gasteiger partial charge in [0.1, 0.15) is 0 Å². The molecule has 0 aromatic heterocycles. The fourth-order valence-electron chi connectivity index (χ4n) is 0.923. The number of halogens is 1. The van der Waals surface area contributed by atoms with Crippen LogP contribution in [0.2, 0.25) is 5.02 Å². The molecule has 0 fully saturated rings. The monoisotopic (exact) mass is 170 g/mol. The van der Waals surface area contributed by atoms with E-state index in [4.69, 9.17) is 23.1 Å². The number of hydrogen-bond donors (Lipinski definition) is 2. The highest BCUT2D eigenvalue weighted by Gasteiger charge is 2.01. The average molecular weight is 171 g/mol. The van der Waals surface area contributed by atoms with Crippen LogP contribution < -0.4 is 11.5 Å². The Hall–Kier alpha value is -0.890. The lowest BCUT2D eigenvalue weighted by molar-refractivity contribution is 1.14. The van der Waals surface area contributed by atoms with Gasteiger partial charge in [0.25, 0.3) is 0 Å². The maximum Gasteiger partial charge on any atom is 0.0562 e. The van der Waals surface area contributed by atoms with E-state index in [0.717, 1.165) is 12.0 Å². The molecular weight excluding hydrogens is 160 g/mol. The molecule has 0 aliphatic rings. The van der Waals surface area contributed by atoms with Crippen LogP contribution in [0.5, 0.6) is 0 Å². The van der Waals surface area contributed by atoms with Gasteiger partial charge < -0.3 is 11.5 Å². The third-order valence-corrected chi connectivity index (χ3v) is 1.98. The molecule has 2 nitrogen and oxygen atoms in total. The van der Waals surface area contributed by atoms with Gasteiger partial charge in [0.15, 0.2) is 0 Å². The van der Waals surface area contributed by atoms with Gasteiger partial charge in [-0.3, -0.25) is 0 Å². The van der Waals surface area contributed by atoms with Crippen molar-refractivity contribution >= 4 is 23.0 Å². The van der Waals surface area contributed by atoms with E-state index in [2.05, 4.69) is 0 Å². The molecule has 4 N–H and O–H groups in total. The molecule has 1 aromatic carbocycles. The molecule has 0 saturated carbocycles. The first-order chi connectivity index (χ1) is 5.15. The number of benzene rings is 1. The highest BCUT2D eigenvalue weighted by molar-refractivity contribution is 6.31. The van der Waals surface area contributed by atoms with E-state index in [-0.39, 0.29) is 0 Å². The van der Waals surface area contributed by atoms with Crippen molar-refractivity contribution in [1.29, 1.82) is 0 Å². The minimum Gasteiger partial charge on any atom is -0.397 e. The summed E-state index contributed by atoms with van der Waals surface area (Å²) in [6, 6.07) is 3.51. The summed E-state index contributed by atoms with van der Waals surface area (Å²) < 4.78 is 0. The minimum atomic E-state index is 0.548. The fourth-order valence-corrected chi connectivity index (χ4v) is 1.23. The van der Waals surface area contributed by atoms with Crippen LogP contribution in [0.15, 0.2) is 12.1 Å². The van der Waals surface area contributed by atoms with Crippen molar-refractivity contribution < 1.29 is 0 Å². The second-order valence-electron chi connectivity index (χ2n) is 2.43. The number of anilines is 2. The second-order valence-corrected chi connectivity index (χ2v) is 2.83. The zero-order valence-electron chi connectivity index (χ0n) is 6.39. The Morgan fingerprint density at radius 2 is 1.82 bits per heavy atom. The van der Waals surface area contributed by atoms with Gasteiger partial charge in [0.05, 0.1) is 11.4 Å². The van der Waals surface area contributed by atoms with Crippen molar-refractivity contribution in [2.45, 2.75) is 13.3 Å². The third kappa shape index (κ3) is 1.57. The molecule has 1 rings (SSSR count). The summed E-state index contributed by atoms with van der Waals surface area (Å²) in [6.07, 6.45) is 0.878. The molecule has 11 heavy (non-hydrogen) atoms. The number of nitrogens with two attached hydrogens (primary N) is 2. The Balaban J connectivity index is 3.21. The van der Waals surface area contributed by atoms with Crippen LogP contribution in [0.1, 0.15) is 12.5 Å². The molecule has 0 aliphatic heterocycles.